The molecule has 0 bridgehead atoms. The second kappa shape index (κ2) is 10.1. The molecule has 0 unspecified atom stereocenters. The highest BCUT2D eigenvalue weighted by atomic mass is 19.4. The van der Waals surface area contributed by atoms with E-state index in [0.29, 0.717) is 34.2 Å². The quantitative estimate of drug-likeness (QED) is 0.335. The molecule has 0 fully saturated rings. The van der Waals surface area contributed by atoms with Gasteiger partial charge in [0.05, 0.1) is 12.8 Å². The lowest BCUT2D eigenvalue weighted by atomic mass is 10.1. The molecule has 2 N–H and O–H groups in total. The fourth-order valence-electron chi connectivity index (χ4n) is 3.14. The largest absolute Gasteiger partial charge is 0.573 e. The molecule has 35 heavy (non-hydrogen) atoms. The SMILES string of the molecule is COc1ccc(C(=O)Nc2ccc(-c3cc(Nc4ccc(OC(F)(F)F)cc4)ncn3)cc2)cc1. The lowest BCUT2D eigenvalue weighted by Gasteiger charge is -2.11. The molecule has 0 saturated heterocycles. The van der Waals surface area contributed by atoms with Crippen molar-refractivity contribution < 1.29 is 27.4 Å². The Bertz CT molecular complexity index is 1290. The van der Waals surface area contributed by atoms with Gasteiger partial charge in [0.25, 0.3) is 5.91 Å². The van der Waals surface area contributed by atoms with Crippen LogP contribution in [0.4, 0.5) is 30.4 Å². The normalized spacial score (nSPS) is 11.0. The number of alkyl halides is 3. The van der Waals surface area contributed by atoms with Crippen LogP contribution in [-0.4, -0.2) is 29.3 Å². The maximum Gasteiger partial charge on any atom is 0.573 e. The van der Waals surface area contributed by atoms with Crippen LogP contribution in [0, 0.1) is 0 Å². The van der Waals surface area contributed by atoms with E-state index in [9.17, 15) is 18.0 Å². The van der Waals surface area contributed by atoms with Crippen LogP contribution in [0.1, 0.15) is 10.4 Å². The number of rotatable bonds is 7. The van der Waals surface area contributed by atoms with Crippen LogP contribution < -0.4 is 20.1 Å². The van der Waals surface area contributed by atoms with E-state index in [1.54, 1.807) is 61.7 Å². The number of nitrogens with zero attached hydrogens (tertiary/aromatic N) is 2. The third-order valence-corrected chi connectivity index (χ3v) is 4.82. The van der Waals surface area contributed by atoms with E-state index in [1.165, 1.54) is 30.6 Å². The average Bonchev–Trinajstić information content (AvgIpc) is 2.85. The Morgan fingerprint density at radius 1 is 0.829 bits per heavy atom. The van der Waals surface area contributed by atoms with E-state index in [1.807, 2.05) is 0 Å². The van der Waals surface area contributed by atoms with E-state index in [-0.39, 0.29) is 11.7 Å². The first-order chi connectivity index (χ1) is 16.8. The number of nitrogens with one attached hydrogen (secondary N) is 2. The van der Waals surface area contributed by atoms with Crippen molar-refractivity contribution in [3.05, 3.63) is 90.8 Å². The Balaban J connectivity index is 1.41. The molecule has 0 spiro atoms. The third-order valence-electron chi connectivity index (χ3n) is 4.82. The summed E-state index contributed by atoms with van der Waals surface area (Å²) in [5, 5.41) is 5.85. The molecule has 7 nitrogen and oxygen atoms in total. The molecule has 1 aromatic heterocycles. The van der Waals surface area contributed by atoms with Gasteiger partial charge < -0.3 is 20.1 Å². The van der Waals surface area contributed by atoms with E-state index in [2.05, 4.69) is 25.3 Å². The van der Waals surface area contributed by atoms with Gasteiger partial charge >= 0.3 is 6.36 Å². The molecule has 178 valence electrons. The van der Waals surface area contributed by atoms with Crippen molar-refractivity contribution >= 4 is 23.1 Å². The first-order valence-corrected chi connectivity index (χ1v) is 10.3. The summed E-state index contributed by atoms with van der Waals surface area (Å²) < 4.78 is 45.9. The van der Waals surface area contributed by atoms with Crippen LogP contribution in [0.3, 0.4) is 0 Å². The molecular formula is C25H19F3N4O3. The zero-order chi connectivity index (χ0) is 24.8. The minimum Gasteiger partial charge on any atom is -0.497 e. The number of methoxy groups -OCH3 is 1. The van der Waals surface area contributed by atoms with Gasteiger partial charge in [0.2, 0.25) is 0 Å². The number of aromatic nitrogens is 2. The number of carbonyl (C=O) groups excluding carboxylic acids is 1. The van der Waals surface area contributed by atoms with Gasteiger partial charge in [-0.25, -0.2) is 9.97 Å². The molecule has 0 aliphatic rings. The number of hydrogen-bond acceptors (Lipinski definition) is 6. The first-order valence-electron chi connectivity index (χ1n) is 10.3. The fourth-order valence-corrected chi connectivity index (χ4v) is 3.14. The van der Waals surface area contributed by atoms with Gasteiger partial charge in [0.1, 0.15) is 23.6 Å². The predicted octanol–water partition coefficient (Wildman–Crippen LogP) is 6.05. The minimum absolute atomic E-state index is 0.249. The van der Waals surface area contributed by atoms with Crippen LogP contribution in [0.2, 0.25) is 0 Å². The molecule has 0 saturated carbocycles. The van der Waals surface area contributed by atoms with E-state index < -0.39 is 6.36 Å². The molecule has 4 rings (SSSR count). The van der Waals surface area contributed by atoms with Crippen molar-refractivity contribution in [3.8, 4) is 22.8 Å². The van der Waals surface area contributed by atoms with Crippen molar-refractivity contribution in [1.82, 2.24) is 9.97 Å². The molecule has 0 aliphatic heterocycles. The molecular weight excluding hydrogens is 461 g/mol. The zero-order valence-corrected chi connectivity index (χ0v) is 18.3. The van der Waals surface area contributed by atoms with Crippen LogP contribution >= 0.6 is 0 Å². The molecule has 0 radical (unpaired) electrons. The highest BCUT2D eigenvalue weighted by Crippen LogP contribution is 2.26. The van der Waals surface area contributed by atoms with Crippen LogP contribution in [0.25, 0.3) is 11.3 Å². The fraction of sp³-hybridized carbons (Fsp3) is 0.0800. The summed E-state index contributed by atoms with van der Waals surface area (Å²) in [6.45, 7) is 0. The molecule has 1 heterocycles. The maximum absolute atomic E-state index is 12.4. The number of ether oxygens (including phenoxy) is 2. The smallest absolute Gasteiger partial charge is 0.497 e. The number of halogens is 3. The highest BCUT2D eigenvalue weighted by molar-refractivity contribution is 6.04. The van der Waals surface area contributed by atoms with Crippen molar-refractivity contribution in [2.75, 3.05) is 17.7 Å². The zero-order valence-electron chi connectivity index (χ0n) is 18.3. The molecule has 10 heteroatoms. The van der Waals surface area contributed by atoms with Gasteiger partial charge in [-0.1, -0.05) is 12.1 Å². The molecule has 3 aromatic carbocycles. The lowest BCUT2D eigenvalue weighted by molar-refractivity contribution is -0.274. The van der Waals surface area contributed by atoms with Crippen molar-refractivity contribution in [2.24, 2.45) is 0 Å². The van der Waals surface area contributed by atoms with Crippen molar-refractivity contribution in [3.63, 3.8) is 0 Å². The molecule has 1 amide bonds. The lowest BCUT2D eigenvalue weighted by Crippen LogP contribution is -2.16. The molecule has 4 aromatic rings. The summed E-state index contributed by atoms with van der Waals surface area (Å²) in [5.41, 5.74) is 3.04. The predicted molar refractivity (Wildman–Crippen MR) is 125 cm³/mol. The van der Waals surface area contributed by atoms with Crippen molar-refractivity contribution in [1.29, 1.82) is 0 Å². The Kier molecular flexibility index (Phi) is 6.81. The second-order valence-corrected chi connectivity index (χ2v) is 7.25. The standard InChI is InChI=1S/C25H19F3N4O3/c1-34-20-10-4-17(5-11-20)24(33)32-19-6-2-16(3-7-19)22-14-23(30-15-29-22)31-18-8-12-21(13-9-18)35-25(26,27)28/h2-15H,1H3,(H,32,33)(H,29,30,31). The van der Waals surface area contributed by atoms with E-state index in [4.69, 9.17) is 4.74 Å². The maximum atomic E-state index is 12.4. The van der Waals surface area contributed by atoms with Gasteiger partial charge in [-0.3, -0.25) is 4.79 Å². The van der Waals surface area contributed by atoms with Crippen molar-refractivity contribution in [2.45, 2.75) is 6.36 Å². The number of amides is 1. The third kappa shape index (κ3) is 6.47. The number of carbonyl (C=O) groups is 1. The number of benzene rings is 3. The van der Waals surface area contributed by atoms with Gasteiger partial charge in [-0.05, 0) is 60.7 Å². The summed E-state index contributed by atoms with van der Waals surface area (Å²) in [7, 11) is 1.56. The highest BCUT2D eigenvalue weighted by Gasteiger charge is 2.30. The molecule has 0 aliphatic carbocycles. The summed E-state index contributed by atoms with van der Waals surface area (Å²) in [6.07, 6.45) is -3.37. The number of hydrogen-bond donors (Lipinski definition) is 2. The van der Waals surface area contributed by atoms with Crippen LogP contribution in [0.5, 0.6) is 11.5 Å². The van der Waals surface area contributed by atoms with Crippen LogP contribution in [-0.2, 0) is 0 Å². The Morgan fingerprint density at radius 2 is 1.46 bits per heavy atom. The van der Waals surface area contributed by atoms with Gasteiger partial charge in [-0.15, -0.1) is 13.2 Å². The monoisotopic (exact) mass is 480 g/mol. The minimum atomic E-state index is -4.75. The second-order valence-electron chi connectivity index (χ2n) is 7.25. The van der Waals surface area contributed by atoms with Crippen LogP contribution in [0.15, 0.2) is 85.2 Å². The molecule has 0 atom stereocenters. The number of anilines is 3. The Labute approximate surface area is 198 Å². The summed E-state index contributed by atoms with van der Waals surface area (Å²) in [6, 6.07) is 20.9. The van der Waals surface area contributed by atoms with E-state index in [0.717, 1.165) is 5.56 Å². The topological polar surface area (TPSA) is 85.4 Å². The Hall–Kier alpha value is -4.60. The average molecular weight is 480 g/mol. The summed E-state index contributed by atoms with van der Waals surface area (Å²) >= 11 is 0. The summed E-state index contributed by atoms with van der Waals surface area (Å²) in [5.74, 6) is 0.555. The van der Waals surface area contributed by atoms with E-state index >= 15 is 0 Å². The van der Waals surface area contributed by atoms with Gasteiger partial charge in [0, 0.05) is 28.6 Å². The summed E-state index contributed by atoms with van der Waals surface area (Å²) in [4.78, 5) is 20.8. The van der Waals surface area contributed by atoms with Gasteiger partial charge in [0.15, 0.2) is 0 Å². The van der Waals surface area contributed by atoms with Gasteiger partial charge in [-0.2, -0.15) is 0 Å². The Morgan fingerprint density at radius 3 is 2.09 bits per heavy atom. The first kappa shape index (κ1) is 23.6.